The smallest absolute Gasteiger partial charge is 0.323 e. The van der Waals surface area contributed by atoms with Crippen molar-refractivity contribution in [2.75, 3.05) is 5.75 Å². The molecular weight excluding hydrogens is 270 g/mol. The van der Waals surface area contributed by atoms with Crippen LogP contribution in [0.15, 0.2) is 5.03 Å². The zero-order chi connectivity index (χ0) is 14.6. The molecular formula is C11H17N3O4S. The van der Waals surface area contributed by atoms with Gasteiger partial charge in [-0.25, -0.2) is 0 Å². The number of thioether (sulfide) groups is 1. The van der Waals surface area contributed by atoms with E-state index in [0.29, 0.717) is 17.1 Å². The van der Waals surface area contributed by atoms with Gasteiger partial charge in [-0.3, -0.25) is 19.6 Å². The summed E-state index contributed by atoms with van der Waals surface area (Å²) in [6.07, 6.45) is 1.31. The molecule has 1 unspecified atom stereocenters. The van der Waals surface area contributed by atoms with Crippen LogP contribution in [0.3, 0.4) is 0 Å². The molecule has 7 nitrogen and oxygen atoms in total. The molecule has 0 aliphatic heterocycles. The topological polar surface area (TPSA) is 98.3 Å². The van der Waals surface area contributed by atoms with Gasteiger partial charge in [-0.15, -0.1) is 0 Å². The fourth-order valence-corrected chi connectivity index (χ4v) is 2.68. The number of nitro groups is 1. The molecule has 0 aromatic carbocycles. The third kappa shape index (κ3) is 3.69. The van der Waals surface area contributed by atoms with Crippen LogP contribution in [0.1, 0.15) is 26.0 Å². The Kier molecular flexibility index (Phi) is 5.34. The number of nitrogens with zero attached hydrogens (tertiary/aromatic N) is 3. The van der Waals surface area contributed by atoms with E-state index in [2.05, 4.69) is 5.10 Å². The number of carboxylic acid groups (broad SMARTS) is 1. The largest absolute Gasteiger partial charge is 0.481 e. The van der Waals surface area contributed by atoms with E-state index in [1.807, 2.05) is 6.92 Å². The summed E-state index contributed by atoms with van der Waals surface area (Å²) in [7, 11) is 1.64. The fourth-order valence-electron chi connectivity index (χ4n) is 1.58. The predicted molar refractivity (Wildman–Crippen MR) is 71.4 cm³/mol. The van der Waals surface area contributed by atoms with E-state index < -0.39 is 16.8 Å². The molecule has 0 fully saturated rings. The van der Waals surface area contributed by atoms with Gasteiger partial charge in [-0.1, -0.05) is 32.0 Å². The van der Waals surface area contributed by atoms with Crippen molar-refractivity contribution in [3.05, 3.63) is 15.8 Å². The lowest BCUT2D eigenvalue weighted by Crippen LogP contribution is -2.12. The average Bonchev–Trinajstić information content (AvgIpc) is 2.62. The number of carboxylic acids is 1. The molecule has 0 aliphatic carbocycles. The first-order valence-electron chi connectivity index (χ1n) is 5.94. The molecule has 8 heteroatoms. The van der Waals surface area contributed by atoms with Crippen LogP contribution >= 0.6 is 11.8 Å². The number of hydrogen-bond acceptors (Lipinski definition) is 5. The number of hydrogen-bond donors (Lipinski definition) is 1. The summed E-state index contributed by atoms with van der Waals surface area (Å²) in [6.45, 7) is 3.50. The minimum absolute atomic E-state index is 0.00642. The number of rotatable bonds is 7. The number of carbonyl (C=O) groups is 1. The molecule has 1 aromatic heterocycles. The highest BCUT2D eigenvalue weighted by molar-refractivity contribution is 7.99. The Balaban J connectivity index is 2.99. The zero-order valence-corrected chi connectivity index (χ0v) is 11.9. The van der Waals surface area contributed by atoms with Gasteiger partial charge in [0.25, 0.3) is 0 Å². The fraction of sp³-hybridized carbons (Fsp3) is 0.636. The number of aliphatic carboxylic acids is 1. The molecule has 1 heterocycles. The molecule has 1 atom stereocenters. The Bertz CT molecular complexity index is 487. The Hall–Kier alpha value is -1.57. The first-order chi connectivity index (χ1) is 8.88. The molecule has 0 spiro atoms. The van der Waals surface area contributed by atoms with Crippen molar-refractivity contribution in [1.29, 1.82) is 0 Å². The van der Waals surface area contributed by atoms with Crippen LogP contribution in [0, 0.1) is 16.0 Å². The van der Waals surface area contributed by atoms with Gasteiger partial charge in [-0.2, -0.15) is 5.10 Å². The van der Waals surface area contributed by atoms with Gasteiger partial charge < -0.3 is 5.11 Å². The second-order valence-electron chi connectivity index (χ2n) is 4.28. The normalized spacial score (nSPS) is 12.4. The quantitative estimate of drug-likeness (QED) is 0.468. The minimum atomic E-state index is -0.911. The SMILES string of the molecule is CCCc1nn(C)c(SCC(C)C(=O)O)c1[N+](=O)[O-]. The standard InChI is InChI=1S/C11H17N3O4S/c1-4-5-8-9(14(17)18)10(13(3)12-8)19-6-7(2)11(15)16/h7H,4-6H2,1-3H3,(H,15,16). The van der Waals surface area contributed by atoms with Gasteiger partial charge >= 0.3 is 11.7 Å². The van der Waals surface area contributed by atoms with Crippen molar-refractivity contribution in [1.82, 2.24) is 9.78 Å². The average molecular weight is 287 g/mol. The number of aryl methyl sites for hydroxylation is 2. The van der Waals surface area contributed by atoms with Crippen LogP contribution in [-0.2, 0) is 18.3 Å². The molecule has 1 N–H and O–H groups in total. The molecule has 19 heavy (non-hydrogen) atoms. The lowest BCUT2D eigenvalue weighted by Gasteiger charge is -2.05. The maximum Gasteiger partial charge on any atom is 0.323 e. The van der Waals surface area contributed by atoms with Gasteiger partial charge in [0, 0.05) is 12.8 Å². The van der Waals surface area contributed by atoms with Crippen LogP contribution < -0.4 is 0 Å². The van der Waals surface area contributed by atoms with Crippen LogP contribution in [0.2, 0.25) is 0 Å². The van der Waals surface area contributed by atoms with Crippen LogP contribution in [0.25, 0.3) is 0 Å². The summed E-state index contributed by atoms with van der Waals surface area (Å²) >= 11 is 1.16. The van der Waals surface area contributed by atoms with E-state index in [4.69, 9.17) is 5.11 Å². The number of aromatic nitrogens is 2. The molecule has 0 saturated carbocycles. The van der Waals surface area contributed by atoms with Crippen LogP contribution in [-0.4, -0.2) is 31.5 Å². The van der Waals surface area contributed by atoms with E-state index in [1.54, 1.807) is 14.0 Å². The highest BCUT2D eigenvalue weighted by Crippen LogP contribution is 2.33. The first kappa shape index (κ1) is 15.5. The van der Waals surface area contributed by atoms with E-state index in [9.17, 15) is 14.9 Å². The summed E-state index contributed by atoms with van der Waals surface area (Å²) in [4.78, 5) is 21.5. The summed E-state index contributed by atoms with van der Waals surface area (Å²) in [6, 6.07) is 0. The molecule has 0 radical (unpaired) electrons. The van der Waals surface area contributed by atoms with Crippen molar-refractivity contribution >= 4 is 23.4 Å². The molecule has 0 bridgehead atoms. The lowest BCUT2D eigenvalue weighted by molar-refractivity contribution is -0.388. The van der Waals surface area contributed by atoms with Crippen molar-refractivity contribution in [3.8, 4) is 0 Å². The summed E-state index contributed by atoms with van der Waals surface area (Å²) in [5.41, 5.74) is 0.465. The molecule has 106 valence electrons. The van der Waals surface area contributed by atoms with Gasteiger partial charge in [0.1, 0.15) is 5.69 Å². The van der Waals surface area contributed by atoms with Gasteiger partial charge in [-0.05, 0) is 6.42 Å². The van der Waals surface area contributed by atoms with Gasteiger partial charge in [0.05, 0.1) is 10.8 Å². The Morgan fingerprint density at radius 1 is 1.63 bits per heavy atom. The van der Waals surface area contributed by atoms with E-state index in [-0.39, 0.29) is 11.4 Å². The van der Waals surface area contributed by atoms with Crippen molar-refractivity contribution in [2.24, 2.45) is 13.0 Å². The van der Waals surface area contributed by atoms with E-state index >= 15 is 0 Å². The minimum Gasteiger partial charge on any atom is -0.481 e. The van der Waals surface area contributed by atoms with Crippen LogP contribution in [0.4, 0.5) is 5.69 Å². The van der Waals surface area contributed by atoms with Crippen molar-refractivity contribution < 1.29 is 14.8 Å². The lowest BCUT2D eigenvalue weighted by atomic mass is 10.2. The second kappa shape index (κ2) is 6.55. The molecule has 0 aliphatic rings. The summed E-state index contributed by atoms with van der Waals surface area (Å²) in [5, 5.41) is 24.5. The van der Waals surface area contributed by atoms with Crippen molar-refractivity contribution in [3.63, 3.8) is 0 Å². The van der Waals surface area contributed by atoms with Crippen molar-refractivity contribution in [2.45, 2.75) is 31.7 Å². The summed E-state index contributed by atoms with van der Waals surface area (Å²) in [5.74, 6) is -1.19. The first-order valence-corrected chi connectivity index (χ1v) is 6.92. The monoisotopic (exact) mass is 287 g/mol. The molecule has 1 rings (SSSR count). The van der Waals surface area contributed by atoms with Crippen LogP contribution in [0.5, 0.6) is 0 Å². The van der Waals surface area contributed by atoms with Gasteiger partial charge in [0.2, 0.25) is 0 Å². The van der Waals surface area contributed by atoms with Gasteiger partial charge in [0.15, 0.2) is 5.03 Å². The third-order valence-corrected chi connectivity index (χ3v) is 4.00. The molecule has 1 aromatic rings. The Morgan fingerprint density at radius 3 is 2.74 bits per heavy atom. The predicted octanol–water partition coefficient (Wildman–Crippen LogP) is 2.09. The highest BCUT2D eigenvalue weighted by atomic mass is 32.2. The van der Waals surface area contributed by atoms with E-state index in [1.165, 1.54) is 4.68 Å². The Labute approximate surface area is 115 Å². The Morgan fingerprint density at radius 2 is 2.26 bits per heavy atom. The molecule has 0 saturated heterocycles. The molecule has 0 amide bonds. The second-order valence-corrected chi connectivity index (χ2v) is 5.29. The zero-order valence-electron chi connectivity index (χ0n) is 11.1. The summed E-state index contributed by atoms with van der Waals surface area (Å²) < 4.78 is 1.46. The third-order valence-electron chi connectivity index (χ3n) is 2.60. The maximum atomic E-state index is 11.1. The van der Waals surface area contributed by atoms with E-state index in [0.717, 1.165) is 18.2 Å². The maximum absolute atomic E-state index is 11.1. The highest BCUT2D eigenvalue weighted by Gasteiger charge is 2.27.